The van der Waals surface area contributed by atoms with E-state index in [0.717, 1.165) is 21.8 Å². The molecule has 0 fully saturated rings. The number of hydrogen-bond acceptors (Lipinski definition) is 2. The Kier molecular flexibility index (Phi) is 3.22. The van der Waals surface area contributed by atoms with Crippen LogP contribution >= 0.6 is 11.6 Å². The van der Waals surface area contributed by atoms with Crippen molar-refractivity contribution in [2.45, 2.75) is 13.0 Å². The molecule has 0 aliphatic heterocycles. The second-order valence-electron chi connectivity index (χ2n) is 3.77. The van der Waals surface area contributed by atoms with Crippen LogP contribution in [0.3, 0.4) is 0 Å². The number of nitrogens with two attached hydrogens (primary N) is 1. The Morgan fingerprint density at radius 2 is 1.69 bits per heavy atom. The Morgan fingerprint density at radius 3 is 2.19 bits per heavy atom. The molecule has 2 nitrogen and oxygen atoms in total. The topological polar surface area (TPSA) is 38.9 Å². The van der Waals surface area contributed by atoms with Crippen LogP contribution in [0.25, 0.3) is 11.1 Å². The van der Waals surface area contributed by atoms with E-state index in [-0.39, 0.29) is 6.04 Å². The summed E-state index contributed by atoms with van der Waals surface area (Å²) < 4.78 is 0. The summed E-state index contributed by atoms with van der Waals surface area (Å²) >= 11 is 5.83. The van der Waals surface area contributed by atoms with E-state index in [1.165, 1.54) is 0 Å². The SMILES string of the molecule is CC(N)c1ccc(-c2ccc(Cl)cc2)cn1. The van der Waals surface area contributed by atoms with Crippen LogP contribution in [0.2, 0.25) is 5.02 Å². The lowest BCUT2D eigenvalue weighted by Crippen LogP contribution is -2.06. The molecule has 0 saturated heterocycles. The van der Waals surface area contributed by atoms with Crippen molar-refractivity contribution in [2.24, 2.45) is 5.73 Å². The minimum absolute atomic E-state index is 0.0285. The van der Waals surface area contributed by atoms with Gasteiger partial charge in [0.05, 0.1) is 5.69 Å². The molecule has 0 aliphatic rings. The zero-order chi connectivity index (χ0) is 11.5. The fraction of sp³-hybridized carbons (Fsp3) is 0.154. The predicted molar refractivity (Wildman–Crippen MR) is 67.3 cm³/mol. The van der Waals surface area contributed by atoms with Crippen molar-refractivity contribution in [3.8, 4) is 11.1 Å². The highest BCUT2D eigenvalue weighted by molar-refractivity contribution is 6.30. The van der Waals surface area contributed by atoms with Crippen LogP contribution in [-0.2, 0) is 0 Å². The van der Waals surface area contributed by atoms with Crippen molar-refractivity contribution in [3.05, 3.63) is 53.3 Å². The van der Waals surface area contributed by atoms with E-state index in [2.05, 4.69) is 4.98 Å². The average Bonchev–Trinajstić information content (AvgIpc) is 2.30. The van der Waals surface area contributed by atoms with Gasteiger partial charge in [0.25, 0.3) is 0 Å². The van der Waals surface area contributed by atoms with Gasteiger partial charge in [0.15, 0.2) is 0 Å². The zero-order valence-electron chi connectivity index (χ0n) is 9.02. The van der Waals surface area contributed by atoms with E-state index in [1.807, 2.05) is 49.5 Å². The van der Waals surface area contributed by atoms with Gasteiger partial charge in [-0.15, -0.1) is 0 Å². The molecule has 2 rings (SSSR count). The van der Waals surface area contributed by atoms with Crippen molar-refractivity contribution in [1.29, 1.82) is 0 Å². The van der Waals surface area contributed by atoms with Crippen molar-refractivity contribution >= 4 is 11.6 Å². The summed E-state index contributed by atoms with van der Waals surface area (Å²) in [6.07, 6.45) is 1.84. The largest absolute Gasteiger partial charge is 0.323 e. The van der Waals surface area contributed by atoms with E-state index in [9.17, 15) is 0 Å². The Labute approximate surface area is 100 Å². The lowest BCUT2D eigenvalue weighted by Gasteiger charge is -2.06. The molecule has 3 heteroatoms. The third-order valence-corrected chi connectivity index (χ3v) is 2.68. The highest BCUT2D eigenvalue weighted by atomic mass is 35.5. The van der Waals surface area contributed by atoms with Gasteiger partial charge in [-0.1, -0.05) is 29.8 Å². The van der Waals surface area contributed by atoms with Gasteiger partial charge in [-0.2, -0.15) is 0 Å². The molecule has 0 spiro atoms. The Hall–Kier alpha value is -1.38. The first-order valence-electron chi connectivity index (χ1n) is 5.14. The van der Waals surface area contributed by atoms with Gasteiger partial charge in [-0.05, 0) is 30.7 Å². The molecular formula is C13H13ClN2. The van der Waals surface area contributed by atoms with Crippen LogP contribution in [0.1, 0.15) is 18.7 Å². The van der Waals surface area contributed by atoms with Gasteiger partial charge < -0.3 is 5.73 Å². The lowest BCUT2D eigenvalue weighted by molar-refractivity contribution is 0.781. The fourth-order valence-electron chi connectivity index (χ4n) is 1.49. The summed E-state index contributed by atoms with van der Waals surface area (Å²) in [5.41, 5.74) is 8.82. The van der Waals surface area contributed by atoms with Crippen molar-refractivity contribution < 1.29 is 0 Å². The number of hydrogen-bond donors (Lipinski definition) is 1. The summed E-state index contributed by atoms with van der Waals surface area (Å²) in [6.45, 7) is 1.92. The van der Waals surface area contributed by atoms with E-state index in [0.29, 0.717) is 0 Å². The molecule has 0 amide bonds. The number of aromatic nitrogens is 1. The molecule has 0 aliphatic carbocycles. The van der Waals surface area contributed by atoms with Crippen LogP contribution in [-0.4, -0.2) is 4.98 Å². The minimum Gasteiger partial charge on any atom is -0.323 e. The lowest BCUT2D eigenvalue weighted by atomic mass is 10.1. The molecule has 2 N–H and O–H groups in total. The molecule has 0 radical (unpaired) electrons. The van der Waals surface area contributed by atoms with Crippen molar-refractivity contribution in [3.63, 3.8) is 0 Å². The third-order valence-electron chi connectivity index (χ3n) is 2.43. The smallest absolute Gasteiger partial charge is 0.0568 e. The van der Waals surface area contributed by atoms with Gasteiger partial charge in [-0.3, -0.25) is 4.98 Å². The Morgan fingerprint density at radius 1 is 1.06 bits per heavy atom. The molecule has 82 valence electrons. The number of benzene rings is 1. The van der Waals surface area contributed by atoms with E-state index in [4.69, 9.17) is 17.3 Å². The molecule has 1 atom stereocenters. The highest BCUT2D eigenvalue weighted by Crippen LogP contribution is 2.21. The predicted octanol–water partition coefficient (Wildman–Crippen LogP) is 3.42. The molecular weight excluding hydrogens is 220 g/mol. The molecule has 1 heterocycles. The molecule has 0 bridgehead atoms. The first-order valence-corrected chi connectivity index (χ1v) is 5.52. The molecule has 2 aromatic rings. The first kappa shape index (κ1) is 11.1. The third kappa shape index (κ3) is 2.40. The number of pyridine rings is 1. The average molecular weight is 233 g/mol. The Bertz CT molecular complexity index is 460. The van der Waals surface area contributed by atoms with Gasteiger partial charge in [0.2, 0.25) is 0 Å². The van der Waals surface area contributed by atoms with Crippen molar-refractivity contribution in [2.75, 3.05) is 0 Å². The van der Waals surface area contributed by atoms with Crippen LogP contribution in [0, 0.1) is 0 Å². The van der Waals surface area contributed by atoms with Crippen LogP contribution in [0.5, 0.6) is 0 Å². The Balaban J connectivity index is 2.31. The van der Waals surface area contributed by atoms with Gasteiger partial charge in [0.1, 0.15) is 0 Å². The number of nitrogens with zero attached hydrogens (tertiary/aromatic N) is 1. The molecule has 1 aromatic heterocycles. The normalized spacial score (nSPS) is 12.4. The van der Waals surface area contributed by atoms with E-state index in [1.54, 1.807) is 0 Å². The highest BCUT2D eigenvalue weighted by Gasteiger charge is 2.02. The zero-order valence-corrected chi connectivity index (χ0v) is 9.78. The fourth-order valence-corrected chi connectivity index (χ4v) is 1.61. The summed E-state index contributed by atoms with van der Waals surface area (Å²) in [5.74, 6) is 0. The second-order valence-corrected chi connectivity index (χ2v) is 4.20. The minimum atomic E-state index is -0.0285. The van der Waals surface area contributed by atoms with Crippen LogP contribution in [0.15, 0.2) is 42.6 Å². The maximum atomic E-state index is 5.83. The summed E-state index contributed by atoms with van der Waals surface area (Å²) in [6, 6.07) is 11.6. The quantitative estimate of drug-likeness (QED) is 0.862. The molecule has 1 aromatic carbocycles. The number of halogens is 1. The standard InChI is InChI=1S/C13H13ClN2/c1-9(15)13-7-4-11(8-16-13)10-2-5-12(14)6-3-10/h2-9H,15H2,1H3. The first-order chi connectivity index (χ1) is 7.66. The monoisotopic (exact) mass is 232 g/mol. The summed E-state index contributed by atoms with van der Waals surface area (Å²) in [4.78, 5) is 4.32. The van der Waals surface area contributed by atoms with Crippen LogP contribution < -0.4 is 5.73 Å². The molecule has 16 heavy (non-hydrogen) atoms. The van der Waals surface area contributed by atoms with E-state index < -0.39 is 0 Å². The maximum Gasteiger partial charge on any atom is 0.0568 e. The van der Waals surface area contributed by atoms with Crippen molar-refractivity contribution in [1.82, 2.24) is 4.98 Å². The molecule has 1 unspecified atom stereocenters. The van der Waals surface area contributed by atoms with Gasteiger partial charge in [-0.25, -0.2) is 0 Å². The maximum absolute atomic E-state index is 5.83. The van der Waals surface area contributed by atoms with Gasteiger partial charge >= 0.3 is 0 Å². The second kappa shape index (κ2) is 4.64. The van der Waals surface area contributed by atoms with Gasteiger partial charge in [0, 0.05) is 22.8 Å². The van der Waals surface area contributed by atoms with E-state index >= 15 is 0 Å². The number of rotatable bonds is 2. The summed E-state index contributed by atoms with van der Waals surface area (Å²) in [7, 11) is 0. The summed E-state index contributed by atoms with van der Waals surface area (Å²) in [5, 5.41) is 0.740. The van der Waals surface area contributed by atoms with Crippen LogP contribution in [0.4, 0.5) is 0 Å². The molecule has 0 saturated carbocycles.